The van der Waals surface area contributed by atoms with Gasteiger partial charge >= 0.3 is 0 Å². The fraction of sp³-hybridized carbons (Fsp3) is 0.200. The Hall–Kier alpha value is -1.84. The van der Waals surface area contributed by atoms with Crippen molar-refractivity contribution in [3.63, 3.8) is 0 Å². The molecule has 1 aromatic carbocycles. The van der Waals surface area contributed by atoms with Crippen LogP contribution in [0.2, 0.25) is 0 Å². The maximum absolute atomic E-state index is 5.50. The molecule has 0 aliphatic heterocycles. The van der Waals surface area contributed by atoms with Gasteiger partial charge in [-0.15, -0.1) is 9.90 Å². The van der Waals surface area contributed by atoms with Crippen molar-refractivity contribution in [2.75, 3.05) is 5.73 Å². The van der Waals surface area contributed by atoms with Crippen molar-refractivity contribution in [3.05, 3.63) is 35.5 Å². The van der Waals surface area contributed by atoms with Gasteiger partial charge in [0.25, 0.3) is 0 Å². The van der Waals surface area contributed by atoms with E-state index in [0.717, 1.165) is 5.69 Å². The first-order valence-electron chi connectivity index (χ1n) is 4.41. The molecule has 0 aliphatic rings. The summed E-state index contributed by atoms with van der Waals surface area (Å²) in [5, 5.41) is 8.10. The molecule has 4 heteroatoms. The van der Waals surface area contributed by atoms with E-state index in [2.05, 4.69) is 16.3 Å². The van der Waals surface area contributed by atoms with Gasteiger partial charge in [-0.1, -0.05) is 6.07 Å². The van der Waals surface area contributed by atoms with Crippen LogP contribution in [0.3, 0.4) is 0 Å². The van der Waals surface area contributed by atoms with Crippen LogP contribution in [0, 0.1) is 13.8 Å². The predicted octanol–water partition coefficient (Wildman–Crippen LogP) is 1.47. The number of hydrogen-bond acceptors (Lipinski definition) is 3. The van der Waals surface area contributed by atoms with Crippen molar-refractivity contribution >= 4 is 5.82 Å². The zero-order chi connectivity index (χ0) is 10.1. The number of aryl methyl sites for hydroxylation is 2. The highest BCUT2D eigenvalue weighted by Crippen LogP contribution is 2.12. The molecular weight excluding hydrogens is 176 g/mol. The van der Waals surface area contributed by atoms with Crippen molar-refractivity contribution in [2.45, 2.75) is 13.8 Å². The molecule has 2 aromatic rings. The summed E-state index contributed by atoms with van der Waals surface area (Å²) < 4.78 is 0. The second kappa shape index (κ2) is 3.14. The highest BCUT2D eigenvalue weighted by atomic mass is 15.5. The molecule has 1 aromatic heterocycles. The van der Waals surface area contributed by atoms with Crippen LogP contribution in [0.15, 0.2) is 24.4 Å². The molecule has 72 valence electrons. The third-order valence-electron chi connectivity index (χ3n) is 1.95. The zero-order valence-electron chi connectivity index (χ0n) is 8.23. The van der Waals surface area contributed by atoms with E-state index in [1.807, 2.05) is 26.0 Å². The Balaban J connectivity index is 2.51. The summed E-state index contributed by atoms with van der Waals surface area (Å²) in [7, 11) is 0. The first-order chi connectivity index (χ1) is 6.65. The molecule has 0 amide bonds. The lowest BCUT2D eigenvalue weighted by atomic mass is 10.1. The van der Waals surface area contributed by atoms with E-state index in [1.165, 1.54) is 22.1 Å². The number of hydrogen-bond donors (Lipinski definition) is 1. The lowest BCUT2D eigenvalue weighted by Crippen LogP contribution is -2.00. The number of rotatable bonds is 1. The van der Waals surface area contributed by atoms with E-state index in [-0.39, 0.29) is 0 Å². The Morgan fingerprint density at radius 3 is 2.29 bits per heavy atom. The molecule has 0 unspecified atom stereocenters. The predicted molar refractivity (Wildman–Crippen MR) is 55.2 cm³/mol. The topological polar surface area (TPSA) is 56.7 Å². The zero-order valence-corrected chi connectivity index (χ0v) is 8.23. The van der Waals surface area contributed by atoms with E-state index in [4.69, 9.17) is 5.73 Å². The normalized spacial score (nSPS) is 10.4. The maximum Gasteiger partial charge on any atom is 0.166 e. The van der Waals surface area contributed by atoms with Gasteiger partial charge in [-0.3, -0.25) is 0 Å². The van der Waals surface area contributed by atoms with Crippen molar-refractivity contribution in [3.8, 4) is 5.69 Å². The van der Waals surface area contributed by atoms with Gasteiger partial charge in [0.15, 0.2) is 5.82 Å². The minimum absolute atomic E-state index is 0.434. The molecule has 0 spiro atoms. The monoisotopic (exact) mass is 188 g/mol. The molecular formula is C10H12N4. The fourth-order valence-corrected chi connectivity index (χ4v) is 1.47. The van der Waals surface area contributed by atoms with Gasteiger partial charge in [0.2, 0.25) is 0 Å². The van der Waals surface area contributed by atoms with Crippen LogP contribution in [-0.2, 0) is 0 Å². The largest absolute Gasteiger partial charge is 0.381 e. The first-order valence-corrected chi connectivity index (χ1v) is 4.41. The van der Waals surface area contributed by atoms with Gasteiger partial charge in [-0.25, -0.2) is 0 Å². The van der Waals surface area contributed by atoms with E-state index in [1.54, 1.807) is 0 Å². The molecule has 0 atom stereocenters. The van der Waals surface area contributed by atoms with E-state index in [9.17, 15) is 0 Å². The van der Waals surface area contributed by atoms with Crippen molar-refractivity contribution < 1.29 is 0 Å². The summed E-state index contributed by atoms with van der Waals surface area (Å²) in [6.07, 6.45) is 1.54. The number of anilines is 1. The Kier molecular flexibility index (Phi) is 1.96. The maximum atomic E-state index is 5.50. The smallest absolute Gasteiger partial charge is 0.166 e. The number of benzene rings is 1. The Labute approximate surface area is 82.4 Å². The Morgan fingerprint density at radius 1 is 1.14 bits per heavy atom. The molecule has 4 nitrogen and oxygen atoms in total. The molecule has 0 fully saturated rings. The Bertz CT molecular complexity index is 439. The molecule has 0 saturated carbocycles. The van der Waals surface area contributed by atoms with Crippen molar-refractivity contribution in [1.82, 2.24) is 15.0 Å². The van der Waals surface area contributed by atoms with Crippen molar-refractivity contribution in [1.29, 1.82) is 0 Å². The van der Waals surface area contributed by atoms with Crippen LogP contribution in [0.1, 0.15) is 11.1 Å². The highest BCUT2D eigenvalue weighted by Gasteiger charge is 2.01. The van der Waals surface area contributed by atoms with Crippen LogP contribution < -0.4 is 5.73 Å². The van der Waals surface area contributed by atoms with E-state index < -0.39 is 0 Å². The average molecular weight is 188 g/mol. The number of nitrogen functional groups attached to an aromatic ring is 1. The summed E-state index contributed by atoms with van der Waals surface area (Å²) in [6, 6.07) is 6.15. The summed E-state index contributed by atoms with van der Waals surface area (Å²) in [4.78, 5) is 1.54. The minimum atomic E-state index is 0.434. The highest BCUT2D eigenvalue weighted by molar-refractivity contribution is 5.38. The number of nitrogens with zero attached hydrogens (tertiary/aromatic N) is 3. The molecule has 0 radical (unpaired) electrons. The van der Waals surface area contributed by atoms with Gasteiger partial charge in [0.05, 0.1) is 11.9 Å². The van der Waals surface area contributed by atoms with E-state index in [0.29, 0.717) is 5.82 Å². The van der Waals surface area contributed by atoms with Crippen LogP contribution >= 0.6 is 0 Å². The van der Waals surface area contributed by atoms with Gasteiger partial charge in [0, 0.05) is 0 Å². The molecule has 14 heavy (non-hydrogen) atoms. The summed E-state index contributed by atoms with van der Waals surface area (Å²) in [5.74, 6) is 0.434. The van der Waals surface area contributed by atoms with Crippen LogP contribution in [-0.4, -0.2) is 15.0 Å². The Morgan fingerprint density at radius 2 is 1.79 bits per heavy atom. The summed E-state index contributed by atoms with van der Waals surface area (Å²) in [5.41, 5.74) is 8.82. The van der Waals surface area contributed by atoms with Crippen LogP contribution in [0.25, 0.3) is 5.69 Å². The molecule has 0 aliphatic carbocycles. The first kappa shape index (κ1) is 8.74. The van der Waals surface area contributed by atoms with Crippen LogP contribution in [0.5, 0.6) is 0 Å². The van der Waals surface area contributed by atoms with Crippen molar-refractivity contribution in [2.24, 2.45) is 0 Å². The van der Waals surface area contributed by atoms with Gasteiger partial charge < -0.3 is 5.73 Å². The SMILES string of the molecule is Cc1cc(C)cc(-n2ncc(N)n2)c1. The third-order valence-corrected chi connectivity index (χ3v) is 1.95. The number of aromatic nitrogens is 3. The molecule has 2 rings (SSSR count). The molecule has 1 heterocycles. The quantitative estimate of drug-likeness (QED) is 0.737. The molecule has 2 N–H and O–H groups in total. The molecule has 0 bridgehead atoms. The fourth-order valence-electron chi connectivity index (χ4n) is 1.47. The summed E-state index contributed by atoms with van der Waals surface area (Å²) in [6.45, 7) is 4.09. The van der Waals surface area contributed by atoms with E-state index >= 15 is 0 Å². The van der Waals surface area contributed by atoms with Gasteiger partial charge in [-0.2, -0.15) is 5.10 Å². The second-order valence-electron chi connectivity index (χ2n) is 3.40. The lowest BCUT2D eigenvalue weighted by Gasteiger charge is -2.02. The standard InChI is InChI=1S/C10H12N4/c1-7-3-8(2)5-9(4-7)14-12-6-10(11)13-14/h3-6H,1-2H3,(H2,11,13). The second-order valence-corrected chi connectivity index (χ2v) is 3.40. The minimum Gasteiger partial charge on any atom is -0.381 e. The molecule has 0 saturated heterocycles. The van der Waals surface area contributed by atoms with Gasteiger partial charge in [-0.05, 0) is 37.1 Å². The van der Waals surface area contributed by atoms with Gasteiger partial charge in [0.1, 0.15) is 0 Å². The number of nitrogens with two attached hydrogens (primary N) is 1. The summed E-state index contributed by atoms with van der Waals surface area (Å²) >= 11 is 0. The third kappa shape index (κ3) is 1.59. The lowest BCUT2D eigenvalue weighted by molar-refractivity contribution is 0.753. The van der Waals surface area contributed by atoms with Crippen LogP contribution in [0.4, 0.5) is 5.82 Å². The average Bonchev–Trinajstić information content (AvgIpc) is 2.50.